The third-order valence-electron chi connectivity index (χ3n) is 3.76. The van der Waals surface area contributed by atoms with E-state index in [1.165, 1.54) is 25.0 Å². The Hall–Kier alpha value is -0.830. The second-order valence-corrected chi connectivity index (χ2v) is 5.87. The molecule has 3 heteroatoms. The van der Waals surface area contributed by atoms with Crippen LogP contribution < -0.4 is 5.32 Å². The minimum atomic E-state index is 0.395. The van der Waals surface area contributed by atoms with Gasteiger partial charge in [-0.1, -0.05) is 13.8 Å². The van der Waals surface area contributed by atoms with Gasteiger partial charge in [0.15, 0.2) is 0 Å². The van der Waals surface area contributed by atoms with Gasteiger partial charge in [-0.05, 0) is 37.7 Å². The van der Waals surface area contributed by atoms with Crippen molar-refractivity contribution in [2.45, 2.75) is 52.1 Å². The van der Waals surface area contributed by atoms with Crippen molar-refractivity contribution in [1.82, 2.24) is 15.1 Å². The van der Waals surface area contributed by atoms with E-state index in [1.807, 2.05) is 17.9 Å². The van der Waals surface area contributed by atoms with E-state index in [4.69, 9.17) is 0 Å². The maximum atomic E-state index is 4.22. The summed E-state index contributed by atoms with van der Waals surface area (Å²) in [6.07, 6.45) is 5.79. The molecule has 0 amide bonds. The minimum Gasteiger partial charge on any atom is -0.306 e. The molecule has 3 nitrogen and oxygen atoms in total. The molecule has 0 aromatic carbocycles. The highest BCUT2D eigenvalue weighted by Crippen LogP contribution is 2.37. The van der Waals surface area contributed by atoms with Gasteiger partial charge in [0.05, 0.1) is 5.69 Å². The van der Waals surface area contributed by atoms with Crippen LogP contribution in [-0.2, 0) is 7.05 Å². The largest absolute Gasteiger partial charge is 0.306 e. The van der Waals surface area contributed by atoms with Crippen LogP contribution in [0.5, 0.6) is 0 Å². The molecule has 0 radical (unpaired) electrons. The quantitative estimate of drug-likeness (QED) is 0.850. The van der Waals surface area contributed by atoms with Gasteiger partial charge in [-0.25, -0.2) is 0 Å². The van der Waals surface area contributed by atoms with Crippen LogP contribution in [0.1, 0.15) is 51.8 Å². The number of rotatable bonds is 3. The zero-order chi connectivity index (χ0) is 11.8. The van der Waals surface area contributed by atoms with Gasteiger partial charge >= 0.3 is 0 Å². The predicted octanol–water partition coefficient (Wildman–Crippen LogP) is 2.65. The lowest BCUT2D eigenvalue weighted by atomic mass is 9.92. The Bertz CT molecular complexity index is 354. The van der Waals surface area contributed by atoms with Crippen molar-refractivity contribution < 1.29 is 0 Å². The summed E-state index contributed by atoms with van der Waals surface area (Å²) in [6.45, 7) is 6.95. The summed E-state index contributed by atoms with van der Waals surface area (Å²) in [5, 5.41) is 7.93. The van der Waals surface area contributed by atoms with Gasteiger partial charge in [0.25, 0.3) is 0 Å². The van der Waals surface area contributed by atoms with E-state index in [1.54, 1.807) is 0 Å². The molecule has 2 rings (SSSR count). The van der Waals surface area contributed by atoms with Crippen LogP contribution >= 0.6 is 0 Å². The van der Waals surface area contributed by atoms with Crippen LogP contribution in [0.3, 0.4) is 0 Å². The van der Waals surface area contributed by atoms with Gasteiger partial charge in [0, 0.05) is 25.3 Å². The summed E-state index contributed by atoms with van der Waals surface area (Å²) in [7, 11) is 2.01. The van der Waals surface area contributed by atoms with Gasteiger partial charge in [0.2, 0.25) is 0 Å². The maximum Gasteiger partial charge on any atom is 0.0547 e. The third-order valence-corrected chi connectivity index (χ3v) is 3.76. The molecule has 2 unspecified atom stereocenters. The van der Waals surface area contributed by atoms with E-state index < -0.39 is 0 Å². The first kappa shape index (κ1) is 11.6. The highest BCUT2D eigenvalue weighted by Gasteiger charge is 2.31. The summed E-state index contributed by atoms with van der Waals surface area (Å²) in [6, 6.07) is 3.16. The topological polar surface area (TPSA) is 29.9 Å². The number of hydrogen-bond acceptors (Lipinski definition) is 2. The number of nitrogens with one attached hydrogen (secondary N) is 1. The highest BCUT2D eigenvalue weighted by atomic mass is 15.3. The fourth-order valence-electron chi connectivity index (χ4n) is 2.83. The van der Waals surface area contributed by atoms with Crippen LogP contribution in [0.25, 0.3) is 0 Å². The summed E-state index contributed by atoms with van der Waals surface area (Å²) < 4.78 is 1.96. The molecule has 0 aliphatic heterocycles. The molecular weight excluding hydrogens is 198 g/mol. The minimum absolute atomic E-state index is 0.395. The van der Waals surface area contributed by atoms with Crippen molar-refractivity contribution >= 4 is 0 Å². The summed E-state index contributed by atoms with van der Waals surface area (Å²) >= 11 is 0. The molecule has 1 heterocycles. The normalized spacial score (nSPS) is 25.9. The number of hydrogen-bond donors (Lipinski definition) is 1. The summed E-state index contributed by atoms with van der Waals surface area (Å²) in [5.74, 6) is 0. The van der Waals surface area contributed by atoms with Crippen molar-refractivity contribution in [2.24, 2.45) is 12.5 Å². The highest BCUT2D eigenvalue weighted by molar-refractivity contribution is 5.06. The molecule has 90 valence electrons. The Labute approximate surface area is 98.2 Å². The smallest absolute Gasteiger partial charge is 0.0547 e. The molecule has 1 aliphatic carbocycles. The lowest BCUT2D eigenvalue weighted by Gasteiger charge is -2.21. The Morgan fingerprint density at radius 3 is 2.81 bits per heavy atom. The molecule has 1 aromatic rings. The molecular formula is C13H23N3. The second kappa shape index (κ2) is 4.21. The van der Waals surface area contributed by atoms with Crippen molar-refractivity contribution in [3.63, 3.8) is 0 Å². The molecule has 1 aromatic heterocycles. The van der Waals surface area contributed by atoms with Gasteiger partial charge in [-0.2, -0.15) is 5.10 Å². The molecule has 16 heavy (non-hydrogen) atoms. The summed E-state index contributed by atoms with van der Waals surface area (Å²) in [4.78, 5) is 0. The van der Waals surface area contributed by atoms with Gasteiger partial charge < -0.3 is 5.32 Å². The first-order valence-electron chi connectivity index (χ1n) is 6.22. The van der Waals surface area contributed by atoms with Crippen LogP contribution in [-0.4, -0.2) is 15.8 Å². The Kier molecular flexibility index (Phi) is 3.06. The fourth-order valence-corrected chi connectivity index (χ4v) is 2.83. The van der Waals surface area contributed by atoms with Crippen molar-refractivity contribution in [3.05, 3.63) is 18.0 Å². The molecule has 2 atom stereocenters. The van der Waals surface area contributed by atoms with E-state index >= 15 is 0 Å². The first-order valence-corrected chi connectivity index (χ1v) is 6.22. The monoisotopic (exact) mass is 221 g/mol. The number of aryl methyl sites for hydroxylation is 1. The van der Waals surface area contributed by atoms with E-state index in [0.717, 1.165) is 0 Å². The third kappa shape index (κ3) is 2.46. The van der Waals surface area contributed by atoms with E-state index in [0.29, 0.717) is 17.5 Å². The average Bonchev–Trinajstić information content (AvgIpc) is 2.72. The van der Waals surface area contributed by atoms with E-state index in [-0.39, 0.29) is 0 Å². The molecule has 1 N–H and O–H groups in total. The van der Waals surface area contributed by atoms with Crippen molar-refractivity contribution in [3.8, 4) is 0 Å². The Morgan fingerprint density at radius 2 is 2.31 bits per heavy atom. The Balaban J connectivity index is 1.94. The SMILES string of the molecule is CC(NC1CCC(C)(C)C1)c1ccnn1C. The summed E-state index contributed by atoms with van der Waals surface area (Å²) in [5.41, 5.74) is 1.79. The number of nitrogens with zero attached hydrogens (tertiary/aromatic N) is 2. The van der Waals surface area contributed by atoms with Crippen LogP contribution in [0, 0.1) is 5.41 Å². The second-order valence-electron chi connectivity index (χ2n) is 5.87. The van der Waals surface area contributed by atoms with Crippen molar-refractivity contribution in [1.29, 1.82) is 0 Å². The van der Waals surface area contributed by atoms with Gasteiger partial charge in [-0.15, -0.1) is 0 Å². The first-order chi connectivity index (χ1) is 7.48. The van der Waals surface area contributed by atoms with Crippen molar-refractivity contribution in [2.75, 3.05) is 0 Å². The maximum absolute atomic E-state index is 4.22. The van der Waals surface area contributed by atoms with E-state index in [2.05, 4.69) is 37.3 Å². The van der Waals surface area contributed by atoms with Crippen LogP contribution in [0.4, 0.5) is 0 Å². The lowest BCUT2D eigenvalue weighted by molar-refractivity contribution is 0.353. The van der Waals surface area contributed by atoms with Crippen LogP contribution in [0.15, 0.2) is 12.3 Å². The van der Waals surface area contributed by atoms with Crippen LogP contribution in [0.2, 0.25) is 0 Å². The zero-order valence-electron chi connectivity index (χ0n) is 10.8. The molecule has 0 saturated heterocycles. The predicted molar refractivity (Wildman–Crippen MR) is 66.2 cm³/mol. The average molecular weight is 221 g/mol. The Morgan fingerprint density at radius 1 is 1.56 bits per heavy atom. The molecule has 1 fully saturated rings. The van der Waals surface area contributed by atoms with Gasteiger partial charge in [-0.3, -0.25) is 4.68 Å². The van der Waals surface area contributed by atoms with Gasteiger partial charge in [0.1, 0.15) is 0 Å². The molecule has 1 aliphatic rings. The standard InChI is InChI=1S/C13H23N3/c1-10(12-6-8-14-16(12)4)15-11-5-7-13(2,3)9-11/h6,8,10-11,15H,5,7,9H2,1-4H3. The molecule has 0 spiro atoms. The zero-order valence-corrected chi connectivity index (χ0v) is 10.8. The number of aromatic nitrogens is 2. The van der Waals surface area contributed by atoms with E-state index in [9.17, 15) is 0 Å². The molecule has 1 saturated carbocycles. The molecule has 0 bridgehead atoms. The lowest BCUT2D eigenvalue weighted by Crippen LogP contribution is -2.31. The fraction of sp³-hybridized carbons (Fsp3) is 0.769.